The van der Waals surface area contributed by atoms with Crippen LogP contribution in [0.4, 0.5) is 4.79 Å². The van der Waals surface area contributed by atoms with Gasteiger partial charge in [-0.25, -0.2) is 4.79 Å². The van der Waals surface area contributed by atoms with Crippen LogP contribution in [-0.2, 0) is 9.47 Å². The SMILES string of the molecule is CC(C)(C)OC(=O)N1CCOC2(CCCNCCCOc3cccnc3-c3cccc(c3)C(=O)NC2)C1. The number of amides is 2. The third-order valence-electron chi connectivity index (χ3n) is 6.38. The zero-order valence-corrected chi connectivity index (χ0v) is 22.0. The van der Waals surface area contributed by atoms with Gasteiger partial charge in [0.1, 0.15) is 22.6 Å². The third-order valence-corrected chi connectivity index (χ3v) is 6.38. The topological polar surface area (TPSA) is 102 Å². The Morgan fingerprint density at radius 3 is 2.76 bits per heavy atom. The molecule has 0 radical (unpaired) electrons. The van der Waals surface area contributed by atoms with Crippen molar-refractivity contribution in [3.63, 3.8) is 0 Å². The predicted octanol–water partition coefficient (Wildman–Crippen LogP) is 3.64. The normalized spacial score (nSPS) is 21.8. The Morgan fingerprint density at radius 1 is 1.11 bits per heavy atom. The molecule has 1 saturated heterocycles. The van der Waals surface area contributed by atoms with Gasteiger partial charge in [-0.2, -0.15) is 0 Å². The van der Waals surface area contributed by atoms with Crippen LogP contribution in [-0.4, -0.2) is 79.0 Å². The van der Waals surface area contributed by atoms with E-state index in [0.29, 0.717) is 49.7 Å². The van der Waals surface area contributed by atoms with E-state index in [4.69, 9.17) is 14.2 Å². The summed E-state index contributed by atoms with van der Waals surface area (Å²) in [7, 11) is 0. The molecule has 1 fully saturated rings. The summed E-state index contributed by atoms with van der Waals surface area (Å²) in [5.74, 6) is 0.487. The molecule has 37 heavy (non-hydrogen) atoms. The number of nitrogens with zero attached hydrogens (tertiary/aromatic N) is 2. The molecule has 1 atom stereocenters. The molecule has 2 aliphatic rings. The fraction of sp³-hybridized carbons (Fsp3) is 0.536. The van der Waals surface area contributed by atoms with Crippen LogP contribution in [0.5, 0.6) is 5.75 Å². The van der Waals surface area contributed by atoms with Crippen LogP contribution in [0.15, 0.2) is 42.6 Å². The molecule has 3 heterocycles. The number of hydrogen-bond donors (Lipinski definition) is 2. The summed E-state index contributed by atoms with van der Waals surface area (Å²) in [5.41, 5.74) is 0.757. The Hall–Kier alpha value is -3.17. The average Bonchev–Trinajstić information content (AvgIpc) is 2.88. The zero-order valence-electron chi connectivity index (χ0n) is 22.0. The minimum atomic E-state index is -0.699. The van der Waals surface area contributed by atoms with Crippen LogP contribution < -0.4 is 15.4 Å². The number of aromatic nitrogens is 1. The number of ether oxygens (including phenoxy) is 3. The van der Waals surface area contributed by atoms with Crippen LogP contribution in [0, 0.1) is 0 Å². The van der Waals surface area contributed by atoms with Gasteiger partial charge in [0.15, 0.2) is 0 Å². The molecule has 1 aromatic carbocycles. The standard InChI is InChI=1S/C28H38N4O5/c1-27(2,3)37-26(34)32-15-17-36-28(20-32)11-6-12-29-13-7-16-35-23-10-5-14-30-24(23)21-8-4-9-22(18-21)25(33)31-19-28/h4-5,8-10,14,18,29H,6-7,11-13,15-17,19-20H2,1-3H3,(H,31,33). The second kappa shape index (κ2) is 11.9. The van der Waals surface area contributed by atoms with Crippen molar-refractivity contribution in [3.8, 4) is 17.0 Å². The summed E-state index contributed by atoms with van der Waals surface area (Å²) in [6, 6.07) is 11.1. The second-order valence-corrected chi connectivity index (χ2v) is 10.6. The number of carbonyl (C=O) groups is 2. The molecule has 0 aliphatic carbocycles. The smallest absolute Gasteiger partial charge is 0.410 e. The van der Waals surface area contributed by atoms with Crippen LogP contribution in [0.2, 0.25) is 0 Å². The van der Waals surface area contributed by atoms with E-state index in [9.17, 15) is 9.59 Å². The summed E-state index contributed by atoms with van der Waals surface area (Å²) in [5, 5.41) is 6.52. The fourth-order valence-corrected chi connectivity index (χ4v) is 4.59. The number of benzene rings is 1. The lowest BCUT2D eigenvalue weighted by Gasteiger charge is -2.43. The first-order valence-corrected chi connectivity index (χ1v) is 13.0. The molecule has 0 saturated carbocycles. The highest BCUT2D eigenvalue weighted by Gasteiger charge is 2.39. The Morgan fingerprint density at radius 2 is 1.92 bits per heavy atom. The minimum Gasteiger partial charge on any atom is -0.491 e. The van der Waals surface area contributed by atoms with Gasteiger partial charge < -0.3 is 29.7 Å². The lowest BCUT2D eigenvalue weighted by Crippen LogP contribution is -2.59. The Kier molecular flexibility index (Phi) is 8.66. The Labute approximate surface area is 218 Å². The van der Waals surface area contributed by atoms with Crippen LogP contribution in [0.25, 0.3) is 11.3 Å². The van der Waals surface area contributed by atoms with Crippen molar-refractivity contribution in [2.45, 2.75) is 51.2 Å². The van der Waals surface area contributed by atoms with Crippen molar-refractivity contribution >= 4 is 12.0 Å². The molecule has 200 valence electrons. The molecule has 2 N–H and O–H groups in total. The summed E-state index contributed by atoms with van der Waals surface area (Å²) in [4.78, 5) is 32.3. The molecule has 2 aliphatic heterocycles. The highest BCUT2D eigenvalue weighted by atomic mass is 16.6. The molecule has 2 bridgehead atoms. The average molecular weight is 511 g/mol. The first-order chi connectivity index (χ1) is 17.7. The second-order valence-electron chi connectivity index (χ2n) is 10.6. The van der Waals surface area contributed by atoms with Gasteiger partial charge in [-0.05, 0) is 77.4 Å². The predicted molar refractivity (Wildman–Crippen MR) is 141 cm³/mol. The number of morpholine rings is 1. The molecular weight excluding hydrogens is 472 g/mol. The van der Waals surface area contributed by atoms with Crippen molar-refractivity contribution in [2.75, 3.05) is 45.9 Å². The Bertz CT molecular complexity index is 1090. The maximum Gasteiger partial charge on any atom is 0.410 e. The molecule has 9 heteroatoms. The third kappa shape index (κ3) is 7.42. The largest absolute Gasteiger partial charge is 0.491 e. The first-order valence-electron chi connectivity index (χ1n) is 13.0. The Balaban J connectivity index is 1.55. The van der Waals surface area contributed by atoms with E-state index in [2.05, 4.69) is 15.6 Å². The van der Waals surface area contributed by atoms with Crippen molar-refractivity contribution < 1.29 is 23.8 Å². The molecule has 1 aromatic heterocycles. The number of pyridine rings is 1. The molecule has 1 unspecified atom stereocenters. The molecular formula is C28H38N4O5. The van der Waals surface area contributed by atoms with E-state index in [1.165, 1.54) is 0 Å². The van der Waals surface area contributed by atoms with Crippen molar-refractivity contribution in [1.82, 2.24) is 20.5 Å². The van der Waals surface area contributed by atoms with Gasteiger partial charge in [0.05, 0.1) is 19.8 Å². The molecule has 2 amide bonds. The minimum absolute atomic E-state index is 0.208. The number of hydrogen-bond acceptors (Lipinski definition) is 7. The molecule has 4 rings (SSSR count). The number of nitrogens with one attached hydrogen (secondary N) is 2. The van der Waals surface area contributed by atoms with E-state index in [-0.39, 0.29) is 18.5 Å². The van der Waals surface area contributed by atoms with Gasteiger partial charge in [-0.3, -0.25) is 9.78 Å². The summed E-state index contributed by atoms with van der Waals surface area (Å²) >= 11 is 0. The van der Waals surface area contributed by atoms with Gasteiger partial charge in [0.25, 0.3) is 5.91 Å². The van der Waals surface area contributed by atoms with Crippen LogP contribution in [0.1, 0.15) is 50.4 Å². The van der Waals surface area contributed by atoms with Crippen molar-refractivity contribution in [2.24, 2.45) is 0 Å². The van der Waals surface area contributed by atoms with E-state index in [1.807, 2.05) is 51.1 Å². The highest BCUT2D eigenvalue weighted by Crippen LogP contribution is 2.29. The number of fused-ring (bicyclic) bond motifs is 4. The quantitative estimate of drug-likeness (QED) is 0.558. The fourth-order valence-electron chi connectivity index (χ4n) is 4.59. The van der Waals surface area contributed by atoms with Crippen molar-refractivity contribution in [1.29, 1.82) is 0 Å². The van der Waals surface area contributed by atoms with Gasteiger partial charge in [-0.15, -0.1) is 0 Å². The maximum absolute atomic E-state index is 13.2. The molecule has 9 nitrogen and oxygen atoms in total. The molecule has 2 aromatic rings. The van der Waals surface area contributed by atoms with E-state index in [0.717, 1.165) is 31.5 Å². The van der Waals surface area contributed by atoms with Crippen LogP contribution in [0.3, 0.4) is 0 Å². The van der Waals surface area contributed by atoms with Gasteiger partial charge in [0, 0.05) is 30.4 Å². The lowest BCUT2D eigenvalue weighted by atomic mass is 9.94. The monoisotopic (exact) mass is 510 g/mol. The highest BCUT2D eigenvalue weighted by molar-refractivity contribution is 5.95. The molecule has 1 spiro atoms. The number of rotatable bonds is 0. The van der Waals surface area contributed by atoms with E-state index < -0.39 is 11.2 Å². The van der Waals surface area contributed by atoms with Gasteiger partial charge in [-0.1, -0.05) is 12.1 Å². The maximum atomic E-state index is 13.2. The van der Waals surface area contributed by atoms with Crippen molar-refractivity contribution in [3.05, 3.63) is 48.2 Å². The van der Waals surface area contributed by atoms with Gasteiger partial charge in [0.2, 0.25) is 0 Å². The van der Waals surface area contributed by atoms with Crippen LogP contribution >= 0.6 is 0 Å². The lowest BCUT2D eigenvalue weighted by molar-refractivity contribution is -0.110. The van der Waals surface area contributed by atoms with Gasteiger partial charge >= 0.3 is 6.09 Å². The first kappa shape index (κ1) is 26.9. The summed E-state index contributed by atoms with van der Waals surface area (Å²) in [6.45, 7) is 9.22. The van der Waals surface area contributed by atoms with E-state index in [1.54, 1.807) is 17.2 Å². The van der Waals surface area contributed by atoms with E-state index >= 15 is 0 Å². The zero-order chi connectivity index (χ0) is 26.3. The number of carbonyl (C=O) groups excluding carboxylic acids is 2. The summed E-state index contributed by atoms with van der Waals surface area (Å²) in [6.07, 6.45) is 3.73. The summed E-state index contributed by atoms with van der Waals surface area (Å²) < 4.78 is 17.9.